The topological polar surface area (TPSA) is 67.4 Å². The van der Waals surface area contributed by atoms with E-state index in [1.54, 1.807) is 0 Å². The Morgan fingerprint density at radius 2 is 2.00 bits per heavy atom. The molecule has 138 valence electrons. The van der Waals surface area contributed by atoms with Crippen molar-refractivity contribution in [3.63, 3.8) is 0 Å². The minimum Gasteiger partial charge on any atom is -0.384 e. The number of rotatable bonds is 3. The van der Waals surface area contributed by atoms with Crippen molar-refractivity contribution >= 4 is 11.8 Å². The molecule has 1 aliphatic carbocycles. The van der Waals surface area contributed by atoms with Crippen LogP contribution in [0.5, 0.6) is 0 Å². The third kappa shape index (κ3) is 3.14. The van der Waals surface area contributed by atoms with E-state index in [0.717, 1.165) is 30.7 Å². The first-order chi connectivity index (χ1) is 11.6. The molecule has 2 N–H and O–H groups in total. The quantitative estimate of drug-likeness (QED) is 0.911. The second kappa shape index (κ2) is 6.07. The lowest BCUT2D eigenvalue weighted by Crippen LogP contribution is -2.40. The molecule has 0 spiro atoms. The molecule has 1 saturated heterocycles. The van der Waals surface area contributed by atoms with Gasteiger partial charge in [0.15, 0.2) is 0 Å². The lowest BCUT2D eigenvalue weighted by atomic mass is 10.0. The number of amides is 2. The van der Waals surface area contributed by atoms with Crippen LogP contribution in [0.1, 0.15) is 65.5 Å². The van der Waals surface area contributed by atoms with Crippen molar-refractivity contribution in [2.24, 2.45) is 0 Å². The zero-order chi connectivity index (χ0) is 18.5. The summed E-state index contributed by atoms with van der Waals surface area (Å²) in [6, 6.07) is 2.52. The fraction of sp³-hybridized carbons (Fsp3) is 0.684. The Morgan fingerprint density at radius 1 is 1.32 bits per heavy atom. The highest BCUT2D eigenvalue weighted by Gasteiger charge is 2.41. The molecule has 2 heterocycles. The smallest absolute Gasteiger partial charge is 0.325 e. The van der Waals surface area contributed by atoms with Gasteiger partial charge in [-0.05, 0) is 53.9 Å². The molecule has 2 fully saturated rings. The van der Waals surface area contributed by atoms with Crippen LogP contribution < -0.4 is 5.73 Å². The second-order valence-corrected chi connectivity index (χ2v) is 8.68. The molecule has 1 saturated carbocycles. The van der Waals surface area contributed by atoms with E-state index in [4.69, 9.17) is 10.8 Å². The molecule has 1 aromatic heterocycles. The van der Waals surface area contributed by atoms with Crippen LogP contribution in [0.2, 0.25) is 0 Å². The Morgan fingerprint density at radius 3 is 2.52 bits per heavy atom. The largest absolute Gasteiger partial charge is 0.384 e. The summed E-state index contributed by atoms with van der Waals surface area (Å²) in [6.07, 6.45) is 2.95. The monoisotopic (exact) mass is 345 g/mol. The van der Waals surface area contributed by atoms with Gasteiger partial charge in [-0.25, -0.2) is 9.48 Å². The fourth-order valence-corrected chi connectivity index (χ4v) is 4.04. The van der Waals surface area contributed by atoms with Crippen molar-refractivity contribution in [2.45, 2.75) is 77.4 Å². The fourth-order valence-electron chi connectivity index (χ4n) is 4.04. The molecule has 25 heavy (non-hydrogen) atoms. The summed E-state index contributed by atoms with van der Waals surface area (Å²) in [6.45, 7) is 15.2. The average Bonchev–Trinajstić information content (AvgIpc) is 3.16. The molecule has 6 heteroatoms. The van der Waals surface area contributed by atoms with Gasteiger partial charge >= 0.3 is 6.03 Å². The number of nitrogens with two attached hydrogens (primary N) is 1. The zero-order valence-electron chi connectivity index (χ0n) is 16.1. The van der Waals surface area contributed by atoms with Gasteiger partial charge in [-0.1, -0.05) is 6.58 Å². The van der Waals surface area contributed by atoms with E-state index in [-0.39, 0.29) is 23.7 Å². The number of urea groups is 1. The molecule has 1 aromatic rings. The molecule has 2 atom stereocenters. The predicted octanol–water partition coefficient (Wildman–Crippen LogP) is 3.52. The molecule has 2 unspecified atom stereocenters. The van der Waals surface area contributed by atoms with Gasteiger partial charge in [0.05, 0.1) is 17.8 Å². The molecule has 0 aromatic carbocycles. The molecule has 2 amide bonds. The SMILES string of the molecule is C=C1CN(C(C)C)C(=O)N1C1CCC(c2cc(N)n(C(C)(C)C)n2)C1. The molecule has 0 radical (unpaired) electrons. The summed E-state index contributed by atoms with van der Waals surface area (Å²) < 4.78 is 1.90. The van der Waals surface area contributed by atoms with E-state index >= 15 is 0 Å². The third-order valence-electron chi connectivity index (χ3n) is 5.35. The van der Waals surface area contributed by atoms with Crippen molar-refractivity contribution in [1.82, 2.24) is 19.6 Å². The summed E-state index contributed by atoms with van der Waals surface area (Å²) in [5.41, 5.74) is 8.00. The Labute approximate surface area is 150 Å². The Kier molecular flexibility index (Phi) is 4.33. The van der Waals surface area contributed by atoms with Crippen LogP contribution in [-0.4, -0.2) is 44.2 Å². The van der Waals surface area contributed by atoms with E-state index in [0.29, 0.717) is 18.3 Å². The van der Waals surface area contributed by atoms with Crippen molar-refractivity contribution in [3.05, 3.63) is 24.0 Å². The number of carbonyl (C=O) groups is 1. The van der Waals surface area contributed by atoms with Crippen LogP contribution in [0.4, 0.5) is 10.6 Å². The average molecular weight is 345 g/mol. The van der Waals surface area contributed by atoms with E-state index in [9.17, 15) is 4.79 Å². The minimum absolute atomic E-state index is 0.102. The Balaban J connectivity index is 1.74. The third-order valence-corrected chi connectivity index (χ3v) is 5.35. The summed E-state index contributed by atoms with van der Waals surface area (Å²) in [7, 11) is 0. The standard InChI is InChI=1S/C19H31N5O/c1-12(2)22-11-13(3)23(18(22)25)15-8-7-14(9-15)16-10-17(20)24(21-16)19(4,5)6/h10,12,14-15H,3,7-9,11,20H2,1-2,4-6H3. The molecule has 3 rings (SSSR count). The Bertz CT molecular complexity index is 684. The van der Waals surface area contributed by atoms with Crippen LogP contribution in [-0.2, 0) is 5.54 Å². The van der Waals surface area contributed by atoms with E-state index in [1.165, 1.54) is 0 Å². The van der Waals surface area contributed by atoms with Gasteiger partial charge in [0.2, 0.25) is 0 Å². The molecular weight excluding hydrogens is 314 g/mol. The maximum atomic E-state index is 12.7. The van der Waals surface area contributed by atoms with E-state index in [1.807, 2.05) is 34.4 Å². The second-order valence-electron chi connectivity index (χ2n) is 8.68. The minimum atomic E-state index is -0.128. The molecule has 6 nitrogen and oxygen atoms in total. The number of hydrogen-bond acceptors (Lipinski definition) is 3. The molecule has 2 aliphatic rings. The van der Waals surface area contributed by atoms with Crippen LogP contribution >= 0.6 is 0 Å². The lowest BCUT2D eigenvalue weighted by Gasteiger charge is -2.26. The van der Waals surface area contributed by atoms with Gasteiger partial charge in [-0.3, -0.25) is 4.90 Å². The summed E-state index contributed by atoms with van der Waals surface area (Å²) >= 11 is 0. The number of aromatic nitrogens is 2. The van der Waals surface area contributed by atoms with Crippen molar-refractivity contribution in [1.29, 1.82) is 0 Å². The van der Waals surface area contributed by atoms with Crippen LogP contribution in [0, 0.1) is 0 Å². The van der Waals surface area contributed by atoms with Crippen molar-refractivity contribution < 1.29 is 4.79 Å². The number of carbonyl (C=O) groups excluding carboxylic acids is 1. The van der Waals surface area contributed by atoms with Crippen LogP contribution in [0.15, 0.2) is 18.3 Å². The van der Waals surface area contributed by atoms with E-state index in [2.05, 4.69) is 27.4 Å². The maximum Gasteiger partial charge on any atom is 0.325 e. The highest BCUT2D eigenvalue weighted by molar-refractivity contribution is 5.80. The van der Waals surface area contributed by atoms with Crippen LogP contribution in [0.25, 0.3) is 0 Å². The molecule has 0 bridgehead atoms. The summed E-state index contributed by atoms with van der Waals surface area (Å²) in [4.78, 5) is 16.5. The van der Waals surface area contributed by atoms with Gasteiger partial charge < -0.3 is 10.6 Å². The van der Waals surface area contributed by atoms with Crippen molar-refractivity contribution in [3.8, 4) is 0 Å². The lowest BCUT2D eigenvalue weighted by molar-refractivity contribution is 0.173. The summed E-state index contributed by atoms with van der Waals surface area (Å²) in [5.74, 6) is 1.06. The molecular formula is C19H31N5O. The first kappa shape index (κ1) is 17.8. The van der Waals surface area contributed by atoms with Gasteiger partial charge in [0.1, 0.15) is 5.82 Å². The zero-order valence-corrected chi connectivity index (χ0v) is 16.1. The number of nitrogens with zero attached hydrogens (tertiary/aromatic N) is 4. The number of anilines is 1. The number of hydrogen-bond donors (Lipinski definition) is 1. The van der Waals surface area contributed by atoms with Gasteiger partial charge in [0, 0.05) is 29.8 Å². The summed E-state index contributed by atoms with van der Waals surface area (Å²) in [5, 5.41) is 4.76. The molecule has 1 aliphatic heterocycles. The van der Waals surface area contributed by atoms with E-state index < -0.39 is 0 Å². The van der Waals surface area contributed by atoms with Gasteiger partial charge in [-0.15, -0.1) is 0 Å². The van der Waals surface area contributed by atoms with Crippen molar-refractivity contribution in [2.75, 3.05) is 12.3 Å². The van der Waals surface area contributed by atoms with Crippen LogP contribution in [0.3, 0.4) is 0 Å². The highest BCUT2D eigenvalue weighted by atomic mass is 16.2. The van der Waals surface area contributed by atoms with Gasteiger partial charge in [0.25, 0.3) is 0 Å². The first-order valence-electron chi connectivity index (χ1n) is 9.23. The number of nitrogen functional groups attached to an aromatic ring is 1. The highest BCUT2D eigenvalue weighted by Crippen LogP contribution is 2.40. The maximum absolute atomic E-state index is 12.7. The predicted molar refractivity (Wildman–Crippen MR) is 100 cm³/mol. The first-order valence-corrected chi connectivity index (χ1v) is 9.23. The normalized spacial score (nSPS) is 24.9. The van der Waals surface area contributed by atoms with Gasteiger partial charge in [-0.2, -0.15) is 5.10 Å². The Hall–Kier alpha value is -1.98.